The molecule has 20 heavy (non-hydrogen) atoms. The number of nitrogens with one attached hydrogen (secondary N) is 2. The number of carbonyl (C=O) groups is 2. The molecule has 0 fully saturated rings. The molecule has 0 aliphatic carbocycles. The number of hydrogen-bond donors (Lipinski definition) is 3. The quantitative estimate of drug-likeness (QED) is 0.704. The molecule has 0 saturated heterocycles. The second kappa shape index (κ2) is 6.69. The van der Waals surface area contributed by atoms with E-state index in [4.69, 9.17) is 16.7 Å². The van der Waals surface area contributed by atoms with E-state index in [9.17, 15) is 18.0 Å². The van der Waals surface area contributed by atoms with Crippen LogP contribution in [0.4, 0.5) is 0 Å². The molecule has 0 heterocycles. The largest absolute Gasteiger partial charge is 0.478 e. The van der Waals surface area contributed by atoms with Gasteiger partial charge in [-0.3, -0.25) is 4.79 Å². The van der Waals surface area contributed by atoms with Crippen molar-refractivity contribution in [3.8, 4) is 0 Å². The summed E-state index contributed by atoms with van der Waals surface area (Å²) in [5.41, 5.74) is -0.184. The Bertz CT molecular complexity index is 630. The van der Waals surface area contributed by atoms with Crippen LogP contribution in [0.15, 0.2) is 23.1 Å². The third kappa shape index (κ3) is 4.19. The second-order valence-corrected chi connectivity index (χ2v) is 5.94. The van der Waals surface area contributed by atoms with Crippen LogP contribution in [0.2, 0.25) is 5.02 Å². The van der Waals surface area contributed by atoms with Gasteiger partial charge in [0.15, 0.2) is 0 Å². The number of rotatable bonds is 6. The number of amides is 1. The molecular weight excluding hydrogens is 308 g/mol. The van der Waals surface area contributed by atoms with Crippen molar-refractivity contribution < 1.29 is 23.1 Å². The Morgan fingerprint density at radius 3 is 2.50 bits per heavy atom. The summed E-state index contributed by atoms with van der Waals surface area (Å²) in [7, 11) is -2.39. The lowest BCUT2D eigenvalue weighted by Gasteiger charge is -2.07. The van der Waals surface area contributed by atoms with Gasteiger partial charge in [0.2, 0.25) is 15.9 Å². The predicted octanol–water partition coefficient (Wildman–Crippen LogP) is 0.453. The molecule has 0 radical (unpaired) electrons. The summed E-state index contributed by atoms with van der Waals surface area (Å²) in [5, 5.41) is 11.0. The second-order valence-electron chi connectivity index (χ2n) is 3.77. The van der Waals surface area contributed by atoms with E-state index in [2.05, 4.69) is 10.0 Å². The van der Waals surface area contributed by atoms with Gasteiger partial charge in [-0.15, -0.1) is 0 Å². The zero-order valence-electron chi connectivity index (χ0n) is 10.5. The molecule has 1 amide bonds. The average Bonchev–Trinajstić information content (AvgIpc) is 2.37. The maximum absolute atomic E-state index is 11.9. The molecule has 1 aromatic rings. The SMILES string of the molecule is CNC(=O)CCNS(=O)(=O)c1ccc(C(=O)O)c(Cl)c1. The van der Waals surface area contributed by atoms with Gasteiger partial charge >= 0.3 is 5.97 Å². The predicted molar refractivity (Wildman–Crippen MR) is 72.3 cm³/mol. The van der Waals surface area contributed by atoms with E-state index in [0.717, 1.165) is 18.2 Å². The van der Waals surface area contributed by atoms with Gasteiger partial charge < -0.3 is 10.4 Å². The molecule has 0 bridgehead atoms. The molecule has 3 N–H and O–H groups in total. The van der Waals surface area contributed by atoms with Crippen LogP contribution in [0.1, 0.15) is 16.8 Å². The number of carboxylic acids is 1. The zero-order chi connectivity index (χ0) is 15.3. The molecule has 110 valence electrons. The molecule has 0 unspecified atom stereocenters. The maximum Gasteiger partial charge on any atom is 0.337 e. The van der Waals surface area contributed by atoms with Crippen molar-refractivity contribution in [1.82, 2.24) is 10.0 Å². The Labute approximate surface area is 121 Å². The standard InChI is InChI=1S/C11H13ClN2O5S/c1-13-10(15)4-5-14-20(18,19)7-2-3-8(11(16)17)9(12)6-7/h2-3,6,14H,4-5H2,1H3,(H,13,15)(H,16,17). The highest BCUT2D eigenvalue weighted by molar-refractivity contribution is 7.89. The lowest BCUT2D eigenvalue weighted by atomic mass is 10.2. The maximum atomic E-state index is 11.9. The van der Waals surface area contributed by atoms with E-state index in [-0.39, 0.29) is 34.4 Å². The van der Waals surface area contributed by atoms with Crippen LogP contribution in [-0.2, 0) is 14.8 Å². The summed E-state index contributed by atoms with van der Waals surface area (Å²) in [6.07, 6.45) is -0.00330. The average molecular weight is 321 g/mol. The minimum atomic E-state index is -3.84. The first kappa shape index (κ1) is 16.4. The van der Waals surface area contributed by atoms with Gasteiger partial charge in [-0.2, -0.15) is 0 Å². The topological polar surface area (TPSA) is 113 Å². The first-order valence-electron chi connectivity index (χ1n) is 5.51. The van der Waals surface area contributed by atoms with Crippen LogP contribution in [0.3, 0.4) is 0 Å². The van der Waals surface area contributed by atoms with Gasteiger partial charge in [0.1, 0.15) is 0 Å². The fraction of sp³-hybridized carbons (Fsp3) is 0.273. The highest BCUT2D eigenvalue weighted by Gasteiger charge is 2.17. The van der Waals surface area contributed by atoms with E-state index in [1.807, 2.05) is 0 Å². The number of carboxylic acid groups (broad SMARTS) is 1. The van der Waals surface area contributed by atoms with Crippen molar-refractivity contribution in [2.24, 2.45) is 0 Å². The van der Waals surface area contributed by atoms with Gasteiger partial charge in [0.05, 0.1) is 15.5 Å². The molecule has 0 saturated carbocycles. The van der Waals surface area contributed by atoms with Crippen LogP contribution in [0.25, 0.3) is 0 Å². The molecule has 7 nitrogen and oxygen atoms in total. The van der Waals surface area contributed by atoms with Crippen molar-refractivity contribution in [2.75, 3.05) is 13.6 Å². The van der Waals surface area contributed by atoms with E-state index in [1.165, 1.54) is 7.05 Å². The van der Waals surface area contributed by atoms with Crippen LogP contribution in [-0.4, -0.2) is 39.0 Å². The van der Waals surface area contributed by atoms with E-state index in [1.54, 1.807) is 0 Å². The van der Waals surface area contributed by atoms with Gasteiger partial charge in [-0.05, 0) is 18.2 Å². The molecule has 0 aliphatic heterocycles. The lowest BCUT2D eigenvalue weighted by molar-refractivity contribution is -0.120. The number of halogens is 1. The third-order valence-corrected chi connectivity index (χ3v) is 4.18. The molecule has 0 spiro atoms. The minimum Gasteiger partial charge on any atom is -0.478 e. The smallest absolute Gasteiger partial charge is 0.337 e. The summed E-state index contributed by atoms with van der Waals surface area (Å²) in [6.45, 7) is -0.0691. The summed E-state index contributed by atoms with van der Waals surface area (Å²) in [5.74, 6) is -1.54. The van der Waals surface area contributed by atoms with Crippen molar-refractivity contribution in [1.29, 1.82) is 0 Å². The Morgan fingerprint density at radius 1 is 1.35 bits per heavy atom. The van der Waals surface area contributed by atoms with Crippen molar-refractivity contribution in [3.05, 3.63) is 28.8 Å². The molecule has 9 heteroatoms. The van der Waals surface area contributed by atoms with Crippen molar-refractivity contribution >= 4 is 33.5 Å². The number of benzene rings is 1. The van der Waals surface area contributed by atoms with Crippen molar-refractivity contribution in [3.63, 3.8) is 0 Å². The molecular formula is C11H13ClN2O5S. The summed E-state index contributed by atoms with van der Waals surface area (Å²) < 4.78 is 26.0. The number of carbonyl (C=O) groups excluding carboxylic acids is 1. The van der Waals surface area contributed by atoms with E-state index < -0.39 is 16.0 Å². The van der Waals surface area contributed by atoms with Crippen molar-refractivity contribution in [2.45, 2.75) is 11.3 Å². The van der Waals surface area contributed by atoms with Gasteiger partial charge in [-0.1, -0.05) is 11.6 Å². The monoisotopic (exact) mass is 320 g/mol. The Kier molecular flexibility index (Phi) is 5.49. The highest BCUT2D eigenvalue weighted by atomic mass is 35.5. The third-order valence-electron chi connectivity index (χ3n) is 2.40. The van der Waals surface area contributed by atoms with Crippen LogP contribution < -0.4 is 10.0 Å². The number of sulfonamides is 1. The molecule has 0 aromatic heterocycles. The first-order chi connectivity index (χ1) is 9.27. The molecule has 0 aliphatic rings. The fourth-order valence-corrected chi connectivity index (χ4v) is 2.73. The Hall–Kier alpha value is -1.64. The normalized spacial score (nSPS) is 11.1. The van der Waals surface area contributed by atoms with Gasteiger partial charge in [0.25, 0.3) is 0 Å². The van der Waals surface area contributed by atoms with Gasteiger partial charge in [-0.25, -0.2) is 17.9 Å². The van der Waals surface area contributed by atoms with Crippen LogP contribution in [0, 0.1) is 0 Å². The molecule has 1 aromatic carbocycles. The summed E-state index contributed by atoms with van der Waals surface area (Å²) in [4.78, 5) is 21.6. The van der Waals surface area contributed by atoms with Crippen LogP contribution in [0.5, 0.6) is 0 Å². The Balaban J connectivity index is 2.85. The summed E-state index contributed by atoms with van der Waals surface area (Å²) >= 11 is 5.70. The minimum absolute atomic E-state index is 0.00330. The lowest BCUT2D eigenvalue weighted by Crippen LogP contribution is -2.29. The van der Waals surface area contributed by atoms with E-state index in [0.29, 0.717) is 0 Å². The fourth-order valence-electron chi connectivity index (χ4n) is 1.34. The molecule has 0 atom stereocenters. The van der Waals surface area contributed by atoms with E-state index >= 15 is 0 Å². The Morgan fingerprint density at radius 2 is 2.00 bits per heavy atom. The number of aromatic carboxylic acids is 1. The number of hydrogen-bond acceptors (Lipinski definition) is 4. The first-order valence-corrected chi connectivity index (χ1v) is 7.37. The van der Waals surface area contributed by atoms with Gasteiger partial charge in [0, 0.05) is 20.0 Å². The van der Waals surface area contributed by atoms with Crippen LogP contribution >= 0.6 is 11.6 Å². The zero-order valence-corrected chi connectivity index (χ0v) is 12.1. The summed E-state index contributed by atoms with van der Waals surface area (Å²) in [6, 6.07) is 3.29. The molecule has 1 rings (SSSR count). The highest BCUT2D eigenvalue weighted by Crippen LogP contribution is 2.20.